The summed E-state index contributed by atoms with van der Waals surface area (Å²) in [5.74, 6) is 0. The van der Waals surface area contributed by atoms with Crippen molar-refractivity contribution in [3.05, 3.63) is 240 Å². The van der Waals surface area contributed by atoms with Crippen LogP contribution >= 0.6 is 0 Å². The van der Waals surface area contributed by atoms with Crippen molar-refractivity contribution >= 4 is 21.5 Å². The van der Waals surface area contributed by atoms with Gasteiger partial charge in [-0.2, -0.15) is 0 Å². The van der Waals surface area contributed by atoms with Gasteiger partial charge in [-0.1, -0.05) is 158 Å². The van der Waals surface area contributed by atoms with Crippen molar-refractivity contribution in [3.8, 4) is 78.7 Å². The van der Waals surface area contributed by atoms with Gasteiger partial charge in [-0.25, -0.2) is 0 Å². The van der Waals surface area contributed by atoms with Gasteiger partial charge in [-0.3, -0.25) is 0 Å². The van der Waals surface area contributed by atoms with Crippen LogP contribution in [0.2, 0.25) is 0 Å². The number of benzene rings is 9. The fraction of sp³-hybridized carbons (Fsp3) is 0.0938. The maximum absolute atomic E-state index is 2.46. The molecule has 0 atom stereocenters. The van der Waals surface area contributed by atoms with Crippen molar-refractivity contribution in [1.82, 2.24) is 9.13 Å². The number of nitrogens with zero attached hydrogens (tertiary/aromatic N) is 2. The molecule has 9 aromatic carbocycles. The summed E-state index contributed by atoms with van der Waals surface area (Å²) in [6.45, 7) is 13.5. The van der Waals surface area contributed by atoms with Crippen LogP contribution in [-0.2, 0) is 0 Å². The quantitative estimate of drug-likeness (QED) is 0.135. The molecule has 0 aliphatic heterocycles. The Kier molecular flexibility index (Phi) is 10.2. The fourth-order valence-corrected chi connectivity index (χ4v) is 10.2. The Morgan fingerprint density at radius 2 is 0.515 bits per heavy atom. The molecule has 0 aliphatic rings. The van der Waals surface area contributed by atoms with E-state index in [1.54, 1.807) is 0 Å². The smallest absolute Gasteiger partial charge is 0.0535 e. The van der Waals surface area contributed by atoms with Gasteiger partial charge in [-0.05, 0) is 190 Å². The Hall–Kier alpha value is -7.94. The van der Waals surface area contributed by atoms with Gasteiger partial charge in [0.05, 0.1) is 22.8 Å². The van der Waals surface area contributed by atoms with Crippen molar-refractivity contribution in [1.29, 1.82) is 0 Å². The van der Waals surface area contributed by atoms with Gasteiger partial charge >= 0.3 is 0 Å². The van der Waals surface area contributed by atoms with E-state index in [1.807, 2.05) is 0 Å². The van der Waals surface area contributed by atoms with E-state index in [0.29, 0.717) is 0 Å². The van der Waals surface area contributed by atoms with E-state index in [0.717, 1.165) is 34.2 Å². The lowest BCUT2D eigenvalue weighted by molar-refractivity contribution is 1.10. The summed E-state index contributed by atoms with van der Waals surface area (Å²) in [6.07, 6.45) is 0. The monoisotopic (exact) mass is 848 g/mol. The Morgan fingerprint density at radius 3 is 0.788 bits per heavy atom. The second kappa shape index (κ2) is 16.6. The molecule has 2 aromatic heterocycles. The molecule has 11 aromatic rings. The number of fused-ring (bicyclic) bond motifs is 2. The molecule has 66 heavy (non-hydrogen) atoms. The van der Waals surface area contributed by atoms with Crippen LogP contribution in [0.5, 0.6) is 0 Å². The Labute approximate surface area is 388 Å². The lowest BCUT2D eigenvalue weighted by Crippen LogP contribution is -2.02. The molecule has 0 aliphatic carbocycles. The predicted octanol–water partition coefficient (Wildman–Crippen LogP) is 17.4. The van der Waals surface area contributed by atoms with Crippen LogP contribution in [0.1, 0.15) is 33.4 Å². The van der Waals surface area contributed by atoms with Crippen molar-refractivity contribution in [2.24, 2.45) is 0 Å². The summed E-state index contributed by atoms with van der Waals surface area (Å²) in [5, 5.41) is 4.91. The summed E-state index contributed by atoms with van der Waals surface area (Å²) >= 11 is 0. The van der Waals surface area contributed by atoms with Gasteiger partial charge < -0.3 is 9.13 Å². The molecule has 2 heterocycles. The van der Waals surface area contributed by atoms with Gasteiger partial charge in [-0.15, -0.1) is 0 Å². The normalized spacial score (nSPS) is 11.5. The summed E-state index contributed by atoms with van der Waals surface area (Å²) < 4.78 is 4.91. The Morgan fingerprint density at radius 1 is 0.242 bits per heavy atom. The molecule has 0 saturated carbocycles. The highest BCUT2D eigenvalue weighted by Gasteiger charge is 2.23. The highest BCUT2D eigenvalue weighted by Crippen LogP contribution is 2.47. The van der Waals surface area contributed by atoms with Gasteiger partial charge in [0, 0.05) is 11.4 Å². The van der Waals surface area contributed by atoms with Gasteiger partial charge in [0.25, 0.3) is 0 Å². The number of hydrogen-bond acceptors (Lipinski definition) is 0. The third kappa shape index (κ3) is 6.98. The van der Waals surface area contributed by atoms with Crippen LogP contribution in [0, 0.1) is 41.5 Å². The zero-order chi connectivity index (χ0) is 45.1. The largest absolute Gasteiger partial charge is 0.309 e. The first-order valence-corrected chi connectivity index (χ1v) is 23.1. The average Bonchev–Trinajstić information content (AvgIpc) is 4.01. The van der Waals surface area contributed by atoms with E-state index >= 15 is 0 Å². The third-order valence-corrected chi connectivity index (χ3v) is 14.1. The molecule has 2 nitrogen and oxygen atoms in total. The zero-order valence-electron chi connectivity index (χ0n) is 38.5. The maximum Gasteiger partial charge on any atom is 0.0535 e. The minimum atomic E-state index is 1.12. The summed E-state index contributed by atoms with van der Waals surface area (Å²) in [4.78, 5) is 0. The van der Waals surface area contributed by atoms with Gasteiger partial charge in [0.2, 0.25) is 0 Å². The molecule has 11 rings (SSSR count). The molecule has 0 N–H and O–H groups in total. The van der Waals surface area contributed by atoms with Crippen molar-refractivity contribution in [2.45, 2.75) is 41.5 Å². The minimum Gasteiger partial charge on any atom is -0.309 e. The number of rotatable bonds is 8. The number of aromatic nitrogens is 2. The molecule has 318 valence electrons. The molecule has 0 unspecified atom stereocenters. The number of hydrogen-bond donors (Lipinski definition) is 0. The van der Waals surface area contributed by atoms with E-state index in [9.17, 15) is 0 Å². The molecule has 2 heteroatoms. The molecule has 0 radical (unpaired) electrons. The van der Waals surface area contributed by atoms with Crippen molar-refractivity contribution in [2.75, 3.05) is 0 Å². The van der Waals surface area contributed by atoms with E-state index in [2.05, 4.69) is 257 Å². The lowest BCUT2D eigenvalue weighted by atomic mass is 9.83. The third-order valence-electron chi connectivity index (χ3n) is 14.1. The second-order valence-electron chi connectivity index (χ2n) is 18.0. The molecule has 0 spiro atoms. The van der Waals surface area contributed by atoms with Crippen LogP contribution < -0.4 is 0 Å². The first-order chi connectivity index (χ1) is 32.2. The van der Waals surface area contributed by atoms with Crippen LogP contribution in [0.3, 0.4) is 0 Å². The van der Waals surface area contributed by atoms with E-state index in [-0.39, 0.29) is 0 Å². The molecule has 0 amide bonds. The fourth-order valence-electron chi connectivity index (χ4n) is 10.2. The van der Waals surface area contributed by atoms with Gasteiger partial charge in [0.1, 0.15) is 0 Å². The first-order valence-electron chi connectivity index (χ1n) is 23.1. The Bertz CT molecular complexity index is 3210. The van der Waals surface area contributed by atoms with Crippen LogP contribution in [0.4, 0.5) is 0 Å². The molecule has 0 bridgehead atoms. The number of aryl methyl sites for hydroxylation is 4. The van der Waals surface area contributed by atoms with E-state index in [4.69, 9.17) is 0 Å². The highest BCUT2D eigenvalue weighted by molar-refractivity contribution is 6.22. The summed E-state index contributed by atoms with van der Waals surface area (Å²) in [7, 11) is 0. The lowest BCUT2D eigenvalue weighted by Gasteiger charge is -2.23. The molecular weight excluding hydrogens is 797 g/mol. The summed E-state index contributed by atoms with van der Waals surface area (Å²) in [5.41, 5.74) is 24.4. The molecule has 0 saturated heterocycles. The second-order valence-corrected chi connectivity index (χ2v) is 18.0. The molecular formula is C64H52N2. The zero-order valence-corrected chi connectivity index (χ0v) is 38.5. The molecule has 0 fully saturated rings. The van der Waals surface area contributed by atoms with Gasteiger partial charge in [0.15, 0.2) is 0 Å². The van der Waals surface area contributed by atoms with E-state index < -0.39 is 0 Å². The first kappa shape index (κ1) is 40.8. The predicted molar refractivity (Wildman–Crippen MR) is 281 cm³/mol. The van der Waals surface area contributed by atoms with Crippen LogP contribution in [0.15, 0.2) is 206 Å². The Balaban J connectivity index is 1.28. The maximum atomic E-state index is 2.46. The minimum absolute atomic E-state index is 1.12. The van der Waals surface area contributed by atoms with Crippen LogP contribution in [-0.4, -0.2) is 9.13 Å². The van der Waals surface area contributed by atoms with Crippen molar-refractivity contribution in [3.63, 3.8) is 0 Å². The van der Waals surface area contributed by atoms with Crippen LogP contribution in [0.25, 0.3) is 100 Å². The van der Waals surface area contributed by atoms with E-state index in [1.165, 1.54) is 99.4 Å². The highest BCUT2D eigenvalue weighted by atomic mass is 15.0. The van der Waals surface area contributed by atoms with Crippen molar-refractivity contribution < 1.29 is 0 Å². The standard InChI is InChI=1S/C64H52N2/c1-41-35-51(36-42(2)45(41)5)63-55-29-27-54(66-61(49-23-15-9-16-24-49)33-34-62(66)50-25-17-10-18-26-50)40-58(55)64(52-37-43(3)46(6)44(4)38-52)56-30-28-53(39-57(56)63)65-59(47-19-11-7-12-20-47)31-32-60(65)48-21-13-8-14-22-48/h7-40H,1-6H3. The SMILES string of the molecule is Cc1cc(-c2c3ccc(-n4c(-c5ccccc5)ccc4-c4ccccc4)cc3c(-c3cc(C)c(C)c(C)c3)c3ccc(-n4c(-c5ccccc5)ccc4-c4ccccc4)cc23)cc(C)c1C. The topological polar surface area (TPSA) is 9.86 Å². The average molecular weight is 849 g/mol. The summed E-state index contributed by atoms with van der Waals surface area (Å²) in [6, 6.07) is 76.3.